The van der Waals surface area contributed by atoms with E-state index in [1.807, 2.05) is 0 Å². The lowest BCUT2D eigenvalue weighted by molar-refractivity contribution is 1.36. The van der Waals surface area contributed by atoms with Crippen LogP contribution < -0.4 is 0 Å². The highest BCUT2D eigenvalue weighted by Crippen LogP contribution is 2.84. The summed E-state index contributed by atoms with van der Waals surface area (Å²) >= 11 is 0. The van der Waals surface area contributed by atoms with Crippen molar-refractivity contribution in [3.05, 3.63) is 0 Å². The van der Waals surface area contributed by atoms with Crippen molar-refractivity contribution in [3.8, 4) is 0 Å². The molecule has 0 aromatic rings. The van der Waals surface area contributed by atoms with Crippen molar-refractivity contribution in [2.45, 2.75) is 177 Å². The fourth-order valence-corrected chi connectivity index (χ4v) is 123. The van der Waals surface area contributed by atoms with Crippen LogP contribution in [0.15, 0.2) is 0 Å². The van der Waals surface area contributed by atoms with E-state index in [4.69, 9.17) is 0 Å². The van der Waals surface area contributed by atoms with Gasteiger partial charge >= 0.3 is 0 Å². The second-order valence-electron chi connectivity index (χ2n) is 21.3. The largest absolute Gasteiger partial charge is 0.0861 e. The van der Waals surface area contributed by atoms with Crippen molar-refractivity contribution in [3.63, 3.8) is 0 Å². The molecule has 0 rings (SSSR count). The zero-order chi connectivity index (χ0) is 31.5. The van der Waals surface area contributed by atoms with Gasteiger partial charge in [-0.3, -0.25) is 0 Å². The van der Waals surface area contributed by atoms with E-state index in [9.17, 15) is 0 Å². The van der Waals surface area contributed by atoms with Gasteiger partial charge in [0.05, 0.1) is 0 Å². The molecule has 230 valence electrons. The maximum absolute atomic E-state index is 2.82. The number of rotatable bonds is 13. The standard InChI is InChI=1S/C28H76P2Si8/c1-31(2,3)25(32(4,5)6)29(26(33(7,8)9)34(10,11)12)30(27(35(13,14)15)36(16,17)18)28(37(19,20)21)38(22,23)24/h25-28H,1-24H3. The number of hydrogen-bond donors (Lipinski definition) is 0. The van der Waals surface area contributed by atoms with Crippen molar-refractivity contribution in [1.29, 1.82) is 0 Å². The molecule has 0 radical (unpaired) electrons. The molecule has 0 heterocycles. The minimum absolute atomic E-state index is 0.0116. The van der Waals surface area contributed by atoms with Gasteiger partial charge in [0.25, 0.3) is 0 Å². The van der Waals surface area contributed by atoms with Crippen molar-refractivity contribution in [1.82, 2.24) is 0 Å². The first-order valence-electron chi connectivity index (χ1n) is 15.5. The van der Waals surface area contributed by atoms with Gasteiger partial charge in [0, 0.05) is 64.6 Å². The minimum atomic E-state index is -1.38. The molecule has 0 saturated carbocycles. The van der Waals surface area contributed by atoms with Gasteiger partial charge in [0.2, 0.25) is 0 Å². The molecule has 0 aromatic heterocycles. The van der Waals surface area contributed by atoms with Gasteiger partial charge in [-0.2, -0.15) is 0 Å². The second-order valence-corrected chi connectivity index (χ2v) is 76.3. The van der Waals surface area contributed by atoms with E-state index < -0.39 is 64.6 Å². The molecule has 0 fully saturated rings. The van der Waals surface area contributed by atoms with Crippen LogP contribution in [0.2, 0.25) is 157 Å². The Bertz CT molecular complexity index is 575. The normalized spacial score (nSPS) is 16.3. The Kier molecular flexibility index (Phi) is 13.4. The van der Waals surface area contributed by atoms with Gasteiger partial charge in [0.1, 0.15) is 0 Å². The monoisotopic (exact) mass is 698 g/mol. The topological polar surface area (TPSA) is 0 Å². The summed E-state index contributed by atoms with van der Waals surface area (Å²) < 4.78 is 0. The highest BCUT2D eigenvalue weighted by Gasteiger charge is 2.61. The summed E-state index contributed by atoms with van der Waals surface area (Å²) in [5, 5.41) is 0. The molecule has 0 atom stereocenters. The smallest absolute Gasteiger partial charge is 0.0495 e. The van der Waals surface area contributed by atoms with Gasteiger partial charge in [-0.15, -0.1) is 0 Å². The van der Waals surface area contributed by atoms with E-state index in [1.165, 1.54) is 0 Å². The molecule has 38 heavy (non-hydrogen) atoms. The van der Waals surface area contributed by atoms with Gasteiger partial charge in [-0.1, -0.05) is 172 Å². The van der Waals surface area contributed by atoms with Crippen molar-refractivity contribution in [2.75, 3.05) is 0 Å². The SMILES string of the molecule is C[Si](C)(C)C(P(C([Si](C)(C)C)[Si](C)(C)C)P(C([Si](C)(C)C)[Si](C)(C)C)C([Si](C)(C)C)[Si](C)(C)C)[Si](C)(C)C. The third-order valence-corrected chi connectivity index (χ3v) is 79.3. The van der Waals surface area contributed by atoms with Crippen LogP contribution in [-0.4, -0.2) is 84.2 Å². The van der Waals surface area contributed by atoms with E-state index in [0.29, 0.717) is 0 Å². The molecule has 0 bridgehead atoms. The highest BCUT2D eigenvalue weighted by molar-refractivity contribution is 8.35. The average molecular weight is 700 g/mol. The third-order valence-electron chi connectivity index (χ3n) is 7.89. The Morgan fingerprint density at radius 3 is 0.342 bits per heavy atom. The third kappa shape index (κ3) is 10.9. The van der Waals surface area contributed by atoms with E-state index in [0.717, 1.165) is 19.6 Å². The summed E-state index contributed by atoms with van der Waals surface area (Å²) in [6, 6.07) is 0. The molecule has 0 aliphatic heterocycles. The van der Waals surface area contributed by atoms with Crippen LogP contribution in [0.3, 0.4) is 0 Å². The molecule has 0 aliphatic carbocycles. The first kappa shape index (κ1) is 40.6. The van der Waals surface area contributed by atoms with E-state index in [2.05, 4.69) is 157 Å². The zero-order valence-electron chi connectivity index (χ0n) is 31.2. The lowest BCUT2D eigenvalue weighted by Crippen LogP contribution is -2.64. The van der Waals surface area contributed by atoms with Crippen LogP contribution >= 0.6 is 15.2 Å². The maximum Gasteiger partial charge on any atom is 0.0495 e. The molecule has 0 amide bonds. The van der Waals surface area contributed by atoms with Gasteiger partial charge in [0.15, 0.2) is 0 Å². The fourth-order valence-electron chi connectivity index (χ4n) is 9.20. The summed E-state index contributed by atoms with van der Waals surface area (Å²) in [6.07, 6.45) is 0. The van der Waals surface area contributed by atoms with Crippen LogP contribution in [0.25, 0.3) is 0 Å². The summed E-state index contributed by atoms with van der Waals surface area (Å²) in [5.74, 6) is 0. The van der Waals surface area contributed by atoms with Crippen molar-refractivity contribution < 1.29 is 0 Å². The van der Waals surface area contributed by atoms with Crippen LogP contribution in [0, 0.1) is 0 Å². The molecular formula is C28H76P2Si8. The maximum atomic E-state index is 2.82. The minimum Gasteiger partial charge on any atom is -0.0861 e. The first-order valence-corrected chi connectivity index (χ1v) is 47.8. The second kappa shape index (κ2) is 12.5. The zero-order valence-corrected chi connectivity index (χ0v) is 41.0. The molecule has 0 spiro atoms. The van der Waals surface area contributed by atoms with Crippen LogP contribution in [0.5, 0.6) is 0 Å². The summed E-state index contributed by atoms with van der Waals surface area (Å²) in [6.45, 7) is 67.7. The Morgan fingerprint density at radius 1 is 0.211 bits per heavy atom. The molecule has 0 saturated heterocycles. The van der Waals surface area contributed by atoms with Gasteiger partial charge in [-0.25, -0.2) is 0 Å². The predicted octanol–water partition coefficient (Wildman–Crippen LogP) is 12.4. The Balaban J connectivity index is 8.59. The van der Waals surface area contributed by atoms with Gasteiger partial charge in [-0.05, 0) is 19.6 Å². The predicted molar refractivity (Wildman–Crippen MR) is 216 cm³/mol. The van der Waals surface area contributed by atoms with E-state index >= 15 is 0 Å². The van der Waals surface area contributed by atoms with Crippen LogP contribution in [-0.2, 0) is 0 Å². The molecular weight excluding hydrogens is 623 g/mol. The Labute approximate surface area is 255 Å². The summed E-state index contributed by atoms with van der Waals surface area (Å²) in [7, 11) is -11.0. The first-order chi connectivity index (χ1) is 16.0. The molecule has 0 aliphatic rings. The lowest BCUT2D eigenvalue weighted by Gasteiger charge is -2.63. The number of hydrogen-bond acceptors (Lipinski definition) is 0. The molecule has 0 N–H and O–H groups in total. The van der Waals surface area contributed by atoms with Crippen molar-refractivity contribution >= 4 is 79.8 Å². The molecule has 10 heteroatoms. The van der Waals surface area contributed by atoms with Crippen LogP contribution in [0.4, 0.5) is 0 Å². The average Bonchev–Trinajstić information content (AvgIpc) is 2.41. The van der Waals surface area contributed by atoms with E-state index in [1.54, 1.807) is 0 Å². The summed E-state index contributed by atoms with van der Waals surface area (Å²) in [5.41, 5.74) is 0. The Hall–Kier alpha value is 2.60. The molecule has 0 aromatic carbocycles. The van der Waals surface area contributed by atoms with Gasteiger partial charge < -0.3 is 0 Å². The Morgan fingerprint density at radius 2 is 0.289 bits per heavy atom. The molecule has 0 nitrogen and oxygen atoms in total. The molecule has 0 unspecified atom stereocenters. The quantitative estimate of drug-likeness (QED) is 0.133. The lowest BCUT2D eigenvalue weighted by atomic mass is 11.7. The summed E-state index contributed by atoms with van der Waals surface area (Å²) in [4.78, 5) is 4.41. The van der Waals surface area contributed by atoms with E-state index in [-0.39, 0.29) is 15.2 Å². The highest BCUT2D eigenvalue weighted by atomic mass is 32.1. The fraction of sp³-hybridized carbons (Fsp3) is 1.00. The van der Waals surface area contributed by atoms with Crippen LogP contribution in [0.1, 0.15) is 0 Å². The van der Waals surface area contributed by atoms with Crippen molar-refractivity contribution in [2.24, 2.45) is 0 Å².